The number of hydrogen-bond donors (Lipinski definition) is 0. The SMILES string of the molecule is [2H]c1c([2H])c([2H])c2c(c1[2H])c1c([2H])c([2H])c([2H])c([2H])c1n2-c1c(C#N)c(-n2c3c([2H])c([2H])c([2H])c([2H])c3c3c([2H])c([2H])c([2H])c([2H])c32)c(-n2c3cc(-c4ccccc4C)ccc3c3ccc4c5ccccc5sc4c32)c(C#N)c1-n1c2c([2H])c([2H])c([2H])c([2H])c2c2c([2H])c([2H])c([2H])c([2H])c21. The maximum atomic E-state index is 13.2. The van der Waals surface area contributed by atoms with Crippen LogP contribution in [0.3, 0.4) is 0 Å². The summed E-state index contributed by atoms with van der Waals surface area (Å²) in [7, 11) is 0. The van der Waals surface area contributed by atoms with E-state index in [9.17, 15) is 35.2 Å². The third-order valence-electron chi connectivity index (χ3n) is 14.3. The van der Waals surface area contributed by atoms with E-state index in [1.165, 1.54) is 11.3 Å². The average Bonchev–Trinajstić information content (AvgIpc) is 1.48. The minimum atomic E-state index is -0.981. The van der Waals surface area contributed by atoms with Crippen molar-refractivity contribution in [1.82, 2.24) is 18.3 Å². The molecule has 0 aliphatic rings. The lowest BCUT2D eigenvalue weighted by Gasteiger charge is -2.27. The van der Waals surface area contributed by atoms with E-state index in [-0.39, 0.29) is 11.0 Å². The molecule has 0 aliphatic heterocycles. The Balaban J connectivity index is 1.35. The van der Waals surface area contributed by atoms with Gasteiger partial charge in [0.15, 0.2) is 0 Å². The zero-order chi connectivity index (χ0) is 71.2. The van der Waals surface area contributed by atoms with E-state index in [2.05, 4.69) is 12.1 Å². The Morgan fingerprint density at radius 3 is 1.24 bits per heavy atom. The van der Waals surface area contributed by atoms with Gasteiger partial charge in [-0.3, -0.25) is 0 Å². The van der Waals surface area contributed by atoms with Gasteiger partial charge in [0.05, 0.1) is 104 Å². The Labute approximate surface area is 472 Å². The Kier molecular flexibility index (Phi) is 5.27. The molecule has 0 saturated carbocycles. The number of nitrogens with zero attached hydrogens (tertiary/aromatic N) is 6. The predicted octanol–water partition coefficient (Wildman–Crippen LogP) is 18.2. The minimum absolute atomic E-state index is 0.205. The lowest BCUT2D eigenvalue weighted by molar-refractivity contribution is 1.03. The zero-order valence-corrected chi connectivity index (χ0v) is 39.9. The number of aryl methyl sites for hydroxylation is 1. The number of hydrogen-bond acceptors (Lipinski definition) is 3. The van der Waals surface area contributed by atoms with Gasteiger partial charge >= 0.3 is 0 Å². The van der Waals surface area contributed by atoms with Crippen molar-refractivity contribution >= 4 is 119 Å². The van der Waals surface area contributed by atoms with Crippen LogP contribution in [0, 0.1) is 29.6 Å². The van der Waals surface area contributed by atoms with Crippen LogP contribution in [-0.2, 0) is 0 Å². The van der Waals surface area contributed by atoms with Gasteiger partial charge in [0.1, 0.15) is 23.3 Å². The summed E-state index contributed by atoms with van der Waals surface area (Å²) in [5.74, 6) is 0. The third-order valence-corrected chi connectivity index (χ3v) is 15.5. The summed E-state index contributed by atoms with van der Waals surface area (Å²) in [6.45, 7) is 1.88. The Morgan fingerprint density at radius 2 is 0.776 bits per heavy atom. The van der Waals surface area contributed by atoms with E-state index < -0.39 is 244 Å². The third kappa shape index (κ3) is 5.61. The first kappa shape index (κ1) is 25.2. The summed E-state index contributed by atoms with van der Waals surface area (Å²) in [5.41, 5.74) is -6.21. The van der Waals surface area contributed by atoms with Crippen molar-refractivity contribution in [2.45, 2.75) is 6.92 Å². The van der Waals surface area contributed by atoms with Crippen LogP contribution in [0.25, 0.3) is 141 Å². The molecule has 5 heterocycles. The number of nitriles is 2. The Hall–Kier alpha value is -10.2. The zero-order valence-electron chi connectivity index (χ0n) is 63.1. The smallest absolute Gasteiger partial charge is 0.104 e. The molecule has 6 nitrogen and oxygen atoms in total. The summed E-state index contributed by atoms with van der Waals surface area (Å²) in [4.78, 5) is 0. The second-order valence-electron chi connectivity index (χ2n) is 18.0. The number of rotatable bonds is 5. The lowest BCUT2D eigenvalue weighted by atomic mass is 9.98. The van der Waals surface area contributed by atoms with Crippen molar-refractivity contribution in [1.29, 1.82) is 10.5 Å². The first-order valence-electron chi connectivity index (χ1n) is 35.6. The summed E-state index contributed by atoms with van der Waals surface area (Å²) in [5, 5.41) is 25.3. The summed E-state index contributed by atoms with van der Waals surface area (Å²) < 4.78 is 234. The molecule has 16 aromatic rings. The van der Waals surface area contributed by atoms with Crippen LogP contribution in [0.5, 0.6) is 0 Å². The van der Waals surface area contributed by atoms with Gasteiger partial charge in [0.25, 0.3) is 0 Å². The van der Waals surface area contributed by atoms with Gasteiger partial charge in [0, 0.05) is 58.6 Å². The fraction of sp³-hybridized carbons (Fsp3) is 0.0145. The molecular weight excluding hydrogens is 945 g/mol. The topological polar surface area (TPSA) is 67.3 Å². The van der Waals surface area contributed by atoms with Crippen LogP contribution >= 0.6 is 11.3 Å². The van der Waals surface area contributed by atoms with Crippen LogP contribution < -0.4 is 0 Å². The van der Waals surface area contributed by atoms with E-state index in [0.717, 1.165) is 29.4 Å². The highest BCUT2D eigenvalue weighted by atomic mass is 32.1. The van der Waals surface area contributed by atoms with E-state index in [0.29, 0.717) is 32.0 Å². The summed E-state index contributed by atoms with van der Waals surface area (Å²) in [6, 6.07) is 6.58. The predicted molar refractivity (Wildman–Crippen MR) is 316 cm³/mol. The van der Waals surface area contributed by atoms with Gasteiger partial charge in [-0.15, -0.1) is 11.3 Å². The van der Waals surface area contributed by atoms with Crippen LogP contribution in [0.15, 0.2) is 224 Å². The standard InChI is InChI=1S/C69H40N6S/c1-41-18-2-3-19-43(41)42-34-35-50-52-36-37-53-51-26-10-17-33-63(51)76-69(53)68(52)75(62(50)38-42)67-55(40-71)65(73-58-29-13-6-22-46(58)47-23-7-14-30-59(47)73)64(72-56-27-11-4-20-44(56)45-21-5-12-28-57(45)72)54(39-70)66(67)74-60-31-15-8-24-48(60)49-25-9-16-32-61(49)74/h2-38H,1H3/i4D,5D,6D,7D,8D,9D,11D,12D,13D,14D,15D,16D,20D,21D,22D,23D,24D,25D,27D,28D,29D,30D,31D,32D. The molecule has 16 rings (SSSR count). The highest BCUT2D eigenvalue weighted by molar-refractivity contribution is 7.26. The number of fused-ring (bicyclic) bond motifs is 16. The number of benzene rings is 11. The minimum Gasteiger partial charge on any atom is -0.306 e. The van der Waals surface area contributed by atoms with Gasteiger partial charge in [-0.25, -0.2) is 0 Å². The quantitative estimate of drug-likeness (QED) is 0.172. The van der Waals surface area contributed by atoms with Crippen molar-refractivity contribution in [3.63, 3.8) is 0 Å². The van der Waals surface area contributed by atoms with Crippen molar-refractivity contribution in [3.8, 4) is 46.0 Å². The molecule has 352 valence electrons. The largest absolute Gasteiger partial charge is 0.306 e. The molecule has 5 aromatic heterocycles. The Morgan fingerprint density at radius 1 is 0.382 bits per heavy atom. The molecule has 11 aromatic carbocycles. The molecule has 0 radical (unpaired) electrons. The lowest BCUT2D eigenvalue weighted by Crippen LogP contribution is -2.16. The molecule has 0 bridgehead atoms. The molecule has 0 spiro atoms. The van der Waals surface area contributed by atoms with Crippen LogP contribution in [0.2, 0.25) is 0 Å². The van der Waals surface area contributed by atoms with Gasteiger partial charge in [-0.05, 0) is 72.0 Å². The van der Waals surface area contributed by atoms with Gasteiger partial charge in [0.2, 0.25) is 0 Å². The fourth-order valence-corrected chi connectivity index (χ4v) is 12.5. The molecule has 0 aliphatic carbocycles. The highest BCUT2D eigenvalue weighted by Gasteiger charge is 2.35. The monoisotopic (exact) mass is 1010 g/mol. The molecule has 7 heteroatoms. The molecule has 0 fully saturated rings. The normalized spacial score (nSPS) is 16.4. The first-order valence-corrected chi connectivity index (χ1v) is 24.4. The maximum absolute atomic E-state index is 13.2. The van der Waals surface area contributed by atoms with Crippen LogP contribution in [0.4, 0.5) is 0 Å². The van der Waals surface area contributed by atoms with Crippen molar-refractivity contribution in [3.05, 3.63) is 241 Å². The van der Waals surface area contributed by atoms with Gasteiger partial charge in [-0.2, -0.15) is 10.5 Å². The molecule has 0 saturated heterocycles. The Bertz CT molecular complexity index is 6530. The van der Waals surface area contributed by atoms with Crippen molar-refractivity contribution in [2.24, 2.45) is 0 Å². The fourth-order valence-electron chi connectivity index (χ4n) is 11.3. The number of thiophene rings is 1. The molecular formula is C69H40N6S. The van der Waals surface area contributed by atoms with Crippen LogP contribution in [0.1, 0.15) is 49.6 Å². The number of para-hydroxylation sites is 6. The number of aromatic nitrogens is 4. The maximum Gasteiger partial charge on any atom is 0.104 e. The van der Waals surface area contributed by atoms with E-state index in [4.69, 9.17) is 8.22 Å². The van der Waals surface area contributed by atoms with E-state index in [1.807, 2.05) is 79.7 Å². The molecule has 76 heavy (non-hydrogen) atoms. The average molecular weight is 1010 g/mol. The van der Waals surface area contributed by atoms with Gasteiger partial charge < -0.3 is 18.3 Å². The second kappa shape index (κ2) is 15.9. The second-order valence-corrected chi connectivity index (χ2v) is 19.1. The van der Waals surface area contributed by atoms with E-state index >= 15 is 0 Å². The summed E-state index contributed by atoms with van der Waals surface area (Å²) in [6.07, 6.45) is 0. The molecule has 0 N–H and O–H groups in total. The molecule has 0 atom stereocenters. The first-order chi connectivity index (χ1) is 47.6. The van der Waals surface area contributed by atoms with Crippen molar-refractivity contribution < 1.29 is 32.9 Å². The molecule has 0 amide bonds. The van der Waals surface area contributed by atoms with E-state index in [1.54, 1.807) is 10.6 Å². The van der Waals surface area contributed by atoms with Gasteiger partial charge in [-0.1, -0.05) is 175 Å². The summed E-state index contributed by atoms with van der Waals surface area (Å²) >= 11 is 1.30. The van der Waals surface area contributed by atoms with Crippen molar-refractivity contribution in [2.75, 3.05) is 0 Å². The van der Waals surface area contributed by atoms with Crippen LogP contribution in [-0.4, -0.2) is 18.3 Å². The molecule has 0 unspecified atom stereocenters. The highest BCUT2D eigenvalue weighted by Crippen LogP contribution is 2.51.